The average molecular weight is 238 g/mol. The summed E-state index contributed by atoms with van der Waals surface area (Å²) in [7, 11) is 0. The summed E-state index contributed by atoms with van der Waals surface area (Å²) >= 11 is 5.37. The Morgan fingerprint density at radius 2 is 2.20 bits per heavy atom. The molecular formula is C8H6ClF2NO3. The largest absolute Gasteiger partial charge is 0.481 e. The minimum Gasteiger partial charge on any atom is -0.481 e. The molecule has 0 saturated carbocycles. The van der Waals surface area contributed by atoms with Crippen molar-refractivity contribution in [3.8, 4) is 0 Å². The van der Waals surface area contributed by atoms with Crippen LogP contribution in [0.4, 0.5) is 8.78 Å². The van der Waals surface area contributed by atoms with Crippen LogP contribution in [-0.4, -0.2) is 16.1 Å². The number of rotatable bonds is 3. The first kappa shape index (κ1) is 11.6. The number of carboxylic acids is 1. The number of hydrogen-bond donors (Lipinski definition) is 2. The highest BCUT2D eigenvalue weighted by Crippen LogP contribution is 2.22. The van der Waals surface area contributed by atoms with E-state index in [0.717, 1.165) is 6.07 Å². The monoisotopic (exact) mass is 237 g/mol. The van der Waals surface area contributed by atoms with E-state index in [1.165, 1.54) is 0 Å². The van der Waals surface area contributed by atoms with Gasteiger partial charge in [-0.25, -0.2) is 8.78 Å². The minimum absolute atomic E-state index is 0.246. The van der Waals surface area contributed by atoms with Gasteiger partial charge in [-0.3, -0.25) is 9.59 Å². The second-order valence-corrected chi connectivity index (χ2v) is 3.16. The molecule has 0 aliphatic heterocycles. The Morgan fingerprint density at radius 1 is 1.60 bits per heavy atom. The van der Waals surface area contributed by atoms with Crippen molar-refractivity contribution in [2.75, 3.05) is 0 Å². The number of nitrogens with one attached hydrogen (secondary N) is 1. The van der Waals surface area contributed by atoms with Crippen molar-refractivity contribution in [3.63, 3.8) is 0 Å². The Morgan fingerprint density at radius 3 is 2.67 bits per heavy atom. The van der Waals surface area contributed by atoms with Gasteiger partial charge in [0.2, 0.25) is 0 Å². The molecule has 0 aliphatic carbocycles. The lowest BCUT2D eigenvalue weighted by Crippen LogP contribution is -2.19. The molecule has 0 aromatic carbocycles. The standard InChI is InChI=1S/C8H6ClF2NO3/c9-5-1-3(7(10)11)4(2-6(13)14)8(15)12-5/h1,7H,2H2,(H,12,15)(H,13,14). The third kappa shape index (κ3) is 2.76. The molecule has 2 N–H and O–H groups in total. The van der Waals surface area contributed by atoms with Gasteiger partial charge in [0.25, 0.3) is 12.0 Å². The lowest BCUT2D eigenvalue weighted by atomic mass is 10.1. The van der Waals surface area contributed by atoms with Gasteiger partial charge in [-0.2, -0.15) is 0 Å². The zero-order chi connectivity index (χ0) is 11.6. The van der Waals surface area contributed by atoms with Crippen molar-refractivity contribution < 1.29 is 18.7 Å². The quantitative estimate of drug-likeness (QED) is 0.785. The van der Waals surface area contributed by atoms with E-state index in [9.17, 15) is 18.4 Å². The molecule has 1 heterocycles. The molecule has 0 spiro atoms. The number of aromatic amines is 1. The maximum absolute atomic E-state index is 12.4. The lowest BCUT2D eigenvalue weighted by Gasteiger charge is -2.05. The Hall–Kier alpha value is -1.43. The molecule has 0 bridgehead atoms. The highest BCUT2D eigenvalue weighted by atomic mass is 35.5. The summed E-state index contributed by atoms with van der Waals surface area (Å²) in [6, 6.07) is 0.853. The molecule has 1 aromatic heterocycles. The second-order valence-electron chi connectivity index (χ2n) is 2.75. The van der Waals surface area contributed by atoms with Crippen LogP contribution in [0.2, 0.25) is 5.15 Å². The Kier molecular flexibility index (Phi) is 3.41. The predicted octanol–water partition coefficient (Wildman–Crippen LogP) is 1.59. The van der Waals surface area contributed by atoms with Crippen LogP contribution >= 0.6 is 11.6 Å². The van der Waals surface area contributed by atoms with Gasteiger partial charge in [-0.15, -0.1) is 0 Å². The Balaban J connectivity index is 3.33. The lowest BCUT2D eigenvalue weighted by molar-refractivity contribution is -0.136. The van der Waals surface area contributed by atoms with E-state index in [-0.39, 0.29) is 5.15 Å². The molecule has 0 unspecified atom stereocenters. The first-order valence-electron chi connectivity index (χ1n) is 3.83. The maximum Gasteiger partial charge on any atom is 0.308 e. The number of carboxylic acid groups (broad SMARTS) is 1. The van der Waals surface area contributed by atoms with Gasteiger partial charge >= 0.3 is 5.97 Å². The summed E-state index contributed by atoms with van der Waals surface area (Å²) < 4.78 is 24.9. The van der Waals surface area contributed by atoms with E-state index in [1.54, 1.807) is 0 Å². The van der Waals surface area contributed by atoms with Crippen molar-refractivity contribution in [1.82, 2.24) is 4.98 Å². The van der Waals surface area contributed by atoms with Crippen molar-refractivity contribution in [1.29, 1.82) is 0 Å². The molecular weight excluding hydrogens is 232 g/mol. The fourth-order valence-corrected chi connectivity index (χ4v) is 1.31. The summed E-state index contributed by atoms with van der Waals surface area (Å²) in [5.74, 6) is -1.36. The molecule has 1 aromatic rings. The topological polar surface area (TPSA) is 70.2 Å². The van der Waals surface area contributed by atoms with Gasteiger partial charge < -0.3 is 10.1 Å². The molecule has 0 fully saturated rings. The van der Waals surface area contributed by atoms with Crippen LogP contribution in [-0.2, 0) is 11.2 Å². The molecule has 0 atom stereocenters. The number of alkyl halides is 2. The fourth-order valence-electron chi connectivity index (χ4n) is 1.10. The third-order valence-corrected chi connectivity index (χ3v) is 1.90. The zero-order valence-electron chi connectivity index (χ0n) is 7.26. The van der Waals surface area contributed by atoms with Gasteiger partial charge in [0.15, 0.2) is 0 Å². The van der Waals surface area contributed by atoms with Crippen molar-refractivity contribution in [3.05, 3.63) is 32.7 Å². The normalized spacial score (nSPS) is 10.7. The van der Waals surface area contributed by atoms with Crippen molar-refractivity contribution in [2.45, 2.75) is 12.8 Å². The zero-order valence-corrected chi connectivity index (χ0v) is 8.02. The van der Waals surface area contributed by atoms with Crippen LogP contribution in [0.15, 0.2) is 10.9 Å². The molecule has 0 saturated heterocycles. The number of hydrogen-bond acceptors (Lipinski definition) is 2. The molecule has 4 nitrogen and oxygen atoms in total. The van der Waals surface area contributed by atoms with E-state index in [1.807, 2.05) is 0 Å². The summed E-state index contributed by atoms with van der Waals surface area (Å²) in [5, 5.41) is 8.19. The third-order valence-electron chi connectivity index (χ3n) is 1.70. The smallest absolute Gasteiger partial charge is 0.308 e. The molecule has 1 rings (SSSR count). The second kappa shape index (κ2) is 4.39. The van der Waals surface area contributed by atoms with Crippen LogP contribution in [0.25, 0.3) is 0 Å². The summed E-state index contributed by atoms with van der Waals surface area (Å²) in [4.78, 5) is 23.6. The first-order valence-corrected chi connectivity index (χ1v) is 4.21. The van der Waals surface area contributed by atoms with Gasteiger partial charge in [-0.1, -0.05) is 11.6 Å². The average Bonchev–Trinajstić information content (AvgIpc) is 2.08. The van der Waals surface area contributed by atoms with E-state index in [2.05, 4.69) is 4.98 Å². The molecule has 0 aliphatic rings. The highest BCUT2D eigenvalue weighted by Gasteiger charge is 2.19. The predicted molar refractivity (Wildman–Crippen MR) is 48.4 cm³/mol. The molecule has 7 heteroatoms. The molecule has 0 radical (unpaired) electrons. The number of carbonyl (C=O) groups is 1. The molecule has 82 valence electrons. The van der Waals surface area contributed by atoms with E-state index in [4.69, 9.17) is 16.7 Å². The van der Waals surface area contributed by atoms with Gasteiger partial charge in [-0.05, 0) is 6.07 Å². The van der Waals surface area contributed by atoms with Crippen LogP contribution < -0.4 is 5.56 Å². The molecule has 0 amide bonds. The van der Waals surface area contributed by atoms with Crippen LogP contribution in [0, 0.1) is 0 Å². The van der Waals surface area contributed by atoms with Crippen molar-refractivity contribution >= 4 is 17.6 Å². The number of halogens is 3. The summed E-state index contributed by atoms with van der Waals surface area (Å²) in [5.41, 5.74) is -2.02. The Labute approximate surface area is 87.5 Å². The van der Waals surface area contributed by atoms with E-state index in [0.29, 0.717) is 0 Å². The number of H-pyrrole nitrogens is 1. The van der Waals surface area contributed by atoms with Gasteiger partial charge in [0.1, 0.15) is 5.15 Å². The number of aliphatic carboxylic acids is 1. The van der Waals surface area contributed by atoms with Gasteiger partial charge in [0, 0.05) is 11.1 Å². The molecule has 15 heavy (non-hydrogen) atoms. The fraction of sp³-hybridized carbons (Fsp3) is 0.250. The number of pyridine rings is 1. The highest BCUT2D eigenvalue weighted by molar-refractivity contribution is 6.29. The van der Waals surface area contributed by atoms with Crippen LogP contribution in [0.3, 0.4) is 0 Å². The van der Waals surface area contributed by atoms with E-state index >= 15 is 0 Å². The van der Waals surface area contributed by atoms with E-state index < -0.39 is 35.5 Å². The minimum atomic E-state index is -2.93. The Bertz CT molecular complexity index is 444. The maximum atomic E-state index is 12.4. The summed E-state index contributed by atoms with van der Waals surface area (Å²) in [6.07, 6.45) is -3.69. The first-order chi connectivity index (χ1) is 6.91. The number of aromatic nitrogens is 1. The SMILES string of the molecule is O=C(O)Cc1c(C(F)F)cc(Cl)[nH]c1=O. The van der Waals surface area contributed by atoms with Crippen LogP contribution in [0.1, 0.15) is 17.6 Å². The van der Waals surface area contributed by atoms with Crippen molar-refractivity contribution in [2.24, 2.45) is 0 Å². The van der Waals surface area contributed by atoms with Crippen LogP contribution in [0.5, 0.6) is 0 Å². The van der Waals surface area contributed by atoms with Gasteiger partial charge in [0.05, 0.1) is 6.42 Å². The summed E-state index contributed by atoms with van der Waals surface area (Å²) in [6.45, 7) is 0.